The summed E-state index contributed by atoms with van der Waals surface area (Å²) in [5.41, 5.74) is 2.46. The number of methoxy groups -OCH3 is 1. The first-order valence-electron chi connectivity index (χ1n) is 9.01. The molecule has 1 unspecified atom stereocenters. The summed E-state index contributed by atoms with van der Waals surface area (Å²) in [6.07, 6.45) is 0. The van der Waals surface area contributed by atoms with E-state index in [2.05, 4.69) is 20.4 Å². The SMILES string of the molecule is COOCc1ccc(C(=O)OC)c(N=NC(C(C)=O)C(=O)Nc2ccc(C)cc2)c1. The molecule has 0 aliphatic rings. The number of nitrogens with one attached hydrogen (secondary N) is 1. The van der Waals surface area contributed by atoms with Crippen molar-refractivity contribution in [3.05, 3.63) is 59.2 Å². The van der Waals surface area contributed by atoms with Crippen molar-refractivity contribution >= 4 is 29.0 Å². The van der Waals surface area contributed by atoms with Gasteiger partial charge in [-0.2, -0.15) is 10.2 Å². The summed E-state index contributed by atoms with van der Waals surface area (Å²) < 4.78 is 4.75. The van der Waals surface area contributed by atoms with E-state index >= 15 is 0 Å². The zero-order valence-corrected chi connectivity index (χ0v) is 17.2. The quantitative estimate of drug-likeness (QED) is 0.221. The number of Topliss-reactive ketones (excluding diaryl/α,β-unsaturated/α-hetero) is 1. The zero-order valence-electron chi connectivity index (χ0n) is 17.2. The molecule has 0 aromatic heterocycles. The Morgan fingerprint density at radius 1 is 1.07 bits per heavy atom. The molecule has 0 saturated carbocycles. The molecule has 2 rings (SSSR count). The van der Waals surface area contributed by atoms with Crippen LogP contribution in [0, 0.1) is 6.92 Å². The van der Waals surface area contributed by atoms with E-state index in [1.807, 2.05) is 19.1 Å². The van der Waals surface area contributed by atoms with Gasteiger partial charge in [-0.1, -0.05) is 23.8 Å². The van der Waals surface area contributed by atoms with Gasteiger partial charge in [-0.15, -0.1) is 0 Å². The van der Waals surface area contributed by atoms with Crippen LogP contribution in [0.3, 0.4) is 0 Å². The van der Waals surface area contributed by atoms with Gasteiger partial charge in [-0.3, -0.25) is 9.59 Å². The van der Waals surface area contributed by atoms with Crippen LogP contribution in [0.25, 0.3) is 0 Å². The molecular weight excluding hydrogens is 390 g/mol. The van der Waals surface area contributed by atoms with Gasteiger partial charge in [0.2, 0.25) is 6.04 Å². The van der Waals surface area contributed by atoms with Crippen molar-refractivity contribution in [3.8, 4) is 0 Å². The van der Waals surface area contributed by atoms with Crippen LogP contribution >= 0.6 is 0 Å². The molecule has 1 atom stereocenters. The Labute approximate surface area is 174 Å². The average Bonchev–Trinajstić information content (AvgIpc) is 2.73. The highest BCUT2D eigenvalue weighted by atomic mass is 17.2. The number of amides is 1. The van der Waals surface area contributed by atoms with Gasteiger partial charge in [0.1, 0.15) is 12.3 Å². The number of rotatable bonds is 9. The van der Waals surface area contributed by atoms with Gasteiger partial charge < -0.3 is 10.1 Å². The van der Waals surface area contributed by atoms with E-state index in [9.17, 15) is 14.4 Å². The van der Waals surface area contributed by atoms with Crippen LogP contribution < -0.4 is 5.32 Å². The van der Waals surface area contributed by atoms with E-state index in [4.69, 9.17) is 9.62 Å². The highest BCUT2D eigenvalue weighted by molar-refractivity contribution is 6.10. The van der Waals surface area contributed by atoms with Crippen molar-refractivity contribution in [3.63, 3.8) is 0 Å². The molecular formula is C21H23N3O6. The molecule has 0 radical (unpaired) electrons. The fourth-order valence-corrected chi connectivity index (χ4v) is 2.45. The minimum absolute atomic E-state index is 0.102. The molecule has 0 fully saturated rings. The molecule has 0 saturated heterocycles. The number of esters is 1. The molecule has 0 heterocycles. The minimum atomic E-state index is -1.38. The molecule has 30 heavy (non-hydrogen) atoms. The smallest absolute Gasteiger partial charge is 0.340 e. The lowest BCUT2D eigenvalue weighted by atomic mass is 10.1. The number of hydrogen-bond donors (Lipinski definition) is 1. The van der Waals surface area contributed by atoms with E-state index in [0.29, 0.717) is 11.3 Å². The monoisotopic (exact) mass is 413 g/mol. The van der Waals surface area contributed by atoms with E-state index in [1.165, 1.54) is 33.3 Å². The zero-order chi connectivity index (χ0) is 22.1. The molecule has 158 valence electrons. The van der Waals surface area contributed by atoms with Crippen molar-refractivity contribution in [1.82, 2.24) is 0 Å². The lowest BCUT2D eigenvalue weighted by molar-refractivity contribution is -0.282. The highest BCUT2D eigenvalue weighted by Gasteiger charge is 2.24. The first-order valence-corrected chi connectivity index (χ1v) is 9.01. The topological polar surface area (TPSA) is 116 Å². The second-order valence-electron chi connectivity index (χ2n) is 6.36. The maximum absolute atomic E-state index is 12.5. The van der Waals surface area contributed by atoms with Crippen LogP contribution in [-0.4, -0.2) is 37.9 Å². The van der Waals surface area contributed by atoms with Crippen LogP contribution in [0.1, 0.15) is 28.4 Å². The Hall–Kier alpha value is -3.43. The standard InChI is InChI=1S/C21H23N3O6/c1-13-5-8-16(9-6-13)22-20(26)19(14(2)25)24-23-18-11-15(12-30-29-4)7-10-17(18)21(27)28-3/h5-11,19H,12H2,1-4H3,(H,22,26). The fraction of sp³-hybridized carbons (Fsp3) is 0.286. The normalized spacial score (nSPS) is 11.9. The molecule has 0 bridgehead atoms. The number of hydrogen-bond acceptors (Lipinski definition) is 8. The number of azo groups is 1. The summed E-state index contributed by atoms with van der Waals surface area (Å²) in [4.78, 5) is 46.0. The van der Waals surface area contributed by atoms with E-state index in [0.717, 1.165) is 5.56 Å². The largest absolute Gasteiger partial charge is 0.465 e. The molecule has 2 aromatic carbocycles. The number of nitrogens with zero attached hydrogens (tertiary/aromatic N) is 2. The van der Waals surface area contributed by atoms with Crippen molar-refractivity contribution < 1.29 is 28.9 Å². The molecule has 0 aliphatic heterocycles. The first kappa shape index (κ1) is 22.9. The van der Waals surface area contributed by atoms with Gasteiger partial charge in [-0.25, -0.2) is 14.6 Å². The second-order valence-corrected chi connectivity index (χ2v) is 6.36. The first-order chi connectivity index (χ1) is 14.3. The maximum atomic E-state index is 12.5. The number of anilines is 1. The van der Waals surface area contributed by atoms with E-state index in [-0.39, 0.29) is 17.9 Å². The lowest BCUT2D eigenvalue weighted by Crippen LogP contribution is -2.31. The van der Waals surface area contributed by atoms with Gasteiger partial charge >= 0.3 is 5.97 Å². The number of carbonyl (C=O) groups is 3. The molecule has 9 nitrogen and oxygen atoms in total. The molecule has 1 N–H and O–H groups in total. The number of ketones is 1. The minimum Gasteiger partial charge on any atom is -0.465 e. The van der Waals surface area contributed by atoms with Crippen LogP contribution in [0.5, 0.6) is 0 Å². The van der Waals surface area contributed by atoms with Crippen LogP contribution in [0.4, 0.5) is 11.4 Å². The second kappa shape index (κ2) is 10.9. The number of aryl methyl sites for hydroxylation is 1. The van der Waals surface area contributed by atoms with Crippen LogP contribution in [0.2, 0.25) is 0 Å². The van der Waals surface area contributed by atoms with Gasteiger partial charge in [0.25, 0.3) is 5.91 Å². The van der Waals surface area contributed by atoms with E-state index in [1.54, 1.807) is 18.2 Å². The Morgan fingerprint density at radius 3 is 2.37 bits per heavy atom. The summed E-state index contributed by atoms with van der Waals surface area (Å²) in [6, 6.07) is 10.4. The van der Waals surface area contributed by atoms with Crippen molar-refractivity contribution in [2.75, 3.05) is 19.5 Å². The van der Waals surface area contributed by atoms with Gasteiger partial charge in [-0.05, 0) is 43.7 Å². The Bertz CT molecular complexity index is 940. The number of ether oxygens (including phenoxy) is 1. The summed E-state index contributed by atoms with van der Waals surface area (Å²) in [5, 5.41) is 10.5. The Kier molecular flexibility index (Phi) is 8.33. The molecule has 1 amide bonds. The maximum Gasteiger partial charge on any atom is 0.340 e. The van der Waals surface area contributed by atoms with Crippen LogP contribution in [0.15, 0.2) is 52.7 Å². The van der Waals surface area contributed by atoms with Crippen molar-refractivity contribution in [1.29, 1.82) is 0 Å². The predicted molar refractivity (Wildman–Crippen MR) is 108 cm³/mol. The summed E-state index contributed by atoms with van der Waals surface area (Å²) in [5.74, 6) is -1.76. The summed E-state index contributed by atoms with van der Waals surface area (Å²) >= 11 is 0. The Morgan fingerprint density at radius 2 is 1.77 bits per heavy atom. The molecule has 0 aliphatic carbocycles. The number of carbonyl (C=O) groups excluding carboxylic acids is 3. The fourth-order valence-electron chi connectivity index (χ4n) is 2.45. The third-order valence-corrected chi connectivity index (χ3v) is 4.04. The van der Waals surface area contributed by atoms with Crippen LogP contribution in [-0.2, 0) is 30.7 Å². The molecule has 9 heteroatoms. The van der Waals surface area contributed by atoms with Gasteiger partial charge in [0.05, 0.1) is 19.8 Å². The molecule has 2 aromatic rings. The van der Waals surface area contributed by atoms with Crippen molar-refractivity contribution in [2.45, 2.75) is 26.5 Å². The third-order valence-electron chi connectivity index (χ3n) is 4.04. The van der Waals surface area contributed by atoms with Gasteiger partial charge in [0.15, 0.2) is 5.78 Å². The van der Waals surface area contributed by atoms with Gasteiger partial charge in [0, 0.05) is 5.69 Å². The summed E-state index contributed by atoms with van der Waals surface area (Å²) in [6.45, 7) is 3.26. The highest BCUT2D eigenvalue weighted by Crippen LogP contribution is 2.24. The number of benzene rings is 2. The third kappa shape index (κ3) is 6.29. The van der Waals surface area contributed by atoms with E-state index < -0.39 is 23.7 Å². The predicted octanol–water partition coefficient (Wildman–Crippen LogP) is 3.54. The summed E-state index contributed by atoms with van der Waals surface area (Å²) in [7, 11) is 2.60. The molecule has 0 spiro atoms. The average molecular weight is 413 g/mol. The van der Waals surface area contributed by atoms with Crippen molar-refractivity contribution in [2.24, 2.45) is 10.2 Å². The Balaban J connectivity index is 2.29. The lowest BCUT2D eigenvalue weighted by Gasteiger charge is -2.10.